The minimum atomic E-state index is -0.0291. The molecule has 0 aliphatic carbocycles. The third kappa shape index (κ3) is 2.67. The number of nitrogens with two attached hydrogens (primary N) is 1. The third-order valence-corrected chi connectivity index (χ3v) is 4.53. The van der Waals surface area contributed by atoms with Crippen LogP contribution in [0.4, 0.5) is 0 Å². The summed E-state index contributed by atoms with van der Waals surface area (Å²) in [5, 5.41) is 0. The Labute approximate surface area is 123 Å². The Bertz CT molecular complexity index is 683. The van der Waals surface area contributed by atoms with Crippen molar-refractivity contribution in [2.75, 3.05) is 0 Å². The van der Waals surface area contributed by atoms with Crippen LogP contribution in [0.15, 0.2) is 66.7 Å². The van der Waals surface area contributed by atoms with Crippen molar-refractivity contribution >= 4 is 11.3 Å². The summed E-state index contributed by atoms with van der Waals surface area (Å²) in [5.41, 5.74) is 9.95. The fourth-order valence-electron chi connectivity index (χ4n) is 2.30. The van der Waals surface area contributed by atoms with E-state index in [1.807, 2.05) is 6.07 Å². The molecule has 1 aromatic heterocycles. The number of hydrogen-bond acceptors (Lipinski definition) is 2. The van der Waals surface area contributed by atoms with Gasteiger partial charge in [-0.25, -0.2) is 0 Å². The summed E-state index contributed by atoms with van der Waals surface area (Å²) < 4.78 is 0. The summed E-state index contributed by atoms with van der Waals surface area (Å²) in [6, 6.07) is 23.2. The molecule has 0 aliphatic rings. The Balaban J connectivity index is 1.86. The molecule has 0 aliphatic heterocycles. The molecule has 2 heteroatoms. The fourth-order valence-corrected chi connectivity index (χ4v) is 3.21. The van der Waals surface area contributed by atoms with Crippen LogP contribution in [0.3, 0.4) is 0 Å². The molecule has 0 spiro atoms. The van der Waals surface area contributed by atoms with Gasteiger partial charge >= 0.3 is 0 Å². The molecule has 1 atom stereocenters. The first-order valence-corrected chi connectivity index (χ1v) is 7.53. The van der Waals surface area contributed by atoms with Gasteiger partial charge in [0, 0.05) is 9.75 Å². The molecule has 1 nitrogen and oxygen atoms in total. The standard InChI is InChI=1S/C18H17NS/c1-13-7-12-17(20-13)18(19)16-10-8-15(9-11-16)14-5-3-2-4-6-14/h2-12,18H,19H2,1H3. The normalized spacial score (nSPS) is 12.3. The maximum atomic E-state index is 6.33. The SMILES string of the molecule is Cc1ccc(C(N)c2ccc(-c3ccccc3)cc2)s1. The summed E-state index contributed by atoms with van der Waals surface area (Å²) in [4.78, 5) is 2.52. The number of benzene rings is 2. The van der Waals surface area contributed by atoms with Crippen molar-refractivity contribution in [3.05, 3.63) is 82.0 Å². The topological polar surface area (TPSA) is 26.0 Å². The Morgan fingerprint density at radius 1 is 0.800 bits per heavy atom. The molecule has 0 radical (unpaired) electrons. The Hall–Kier alpha value is -1.90. The van der Waals surface area contributed by atoms with Gasteiger partial charge in [0.25, 0.3) is 0 Å². The van der Waals surface area contributed by atoms with Crippen molar-refractivity contribution in [3.63, 3.8) is 0 Å². The molecule has 3 rings (SSSR count). The van der Waals surface area contributed by atoms with E-state index in [0.29, 0.717) is 0 Å². The first-order valence-electron chi connectivity index (χ1n) is 6.71. The fraction of sp³-hybridized carbons (Fsp3) is 0.111. The van der Waals surface area contributed by atoms with Crippen LogP contribution in [0.1, 0.15) is 21.4 Å². The van der Waals surface area contributed by atoms with Crippen LogP contribution < -0.4 is 5.73 Å². The van der Waals surface area contributed by atoms with Crippen LogP contribution in [0, 0.1) is 6.92 Å². The number of rotatable bonds is 3. The van der Waals surface area contributed by atoms with Crippen molar-refractivity contribution < 1.29 is 0 Å². The summed E-state index contributed by atoms with van der Waals surface area (Å²) in [5.74, 6) is 0. The van der Waals surface area contributed by atoms with E-state index in [9.17, 15) is 0 Å². The smallest absolute Gasteiger partial charge is 0.0646 e. The van der Waals surface area contributed by atoms with Crippen molar-refractivity contribution in [2.24, 2.45) is 5.73 Å². The molecule has 0 bridgehead atoms. The van der Waals surface area contributed by atoms with E-state index >= 15 is 0 Å². The zero-order valence-corrected chi connectivity index (χ0v) is 12.2. The van der Waals surface area contributed by atoms with E-state index in [-0.39, 0.29) is 6.04 Å². The van der Waals surface area contributed by atoms with E-state index in [4.69, 9.17) is 5.73 Å². The Morgan fingerprint density at radius 3 is 2.05 bits per heavy atom. The Kier molecular flexibility index (Phi) is 3.68. The van der Waals surface area contributed by atoms with E-state index in [1.165, 1.54) is 20.9 Å². The molecular formula is C18H17NS. The van der Waals surface area contributed by atoms with Gasteiger partial charge in [-0.05, 0) is 35.7 Å². The lowest BCUT2D eigenvalue weighted by Crippen LogP contribution is -2.09. The molecule has 0 fully saturated rings. The lowest BCUT2D eigenvalue weighted by Gasteiger charge is -2.11. The average Bonchev–Trinajstić information content (AvgIpc) is 2.94. The molecule has 3 aromatic rings. The molecule has 20 heavy (non-hydrogen) atoms. The number of thiophene rings is 1. The number of aryl methyl sites for hydroxylation is 1. The van der Waals surface area contributed by atoms with Crippen LogP contribution in [0.5, 0.6) is 0 Å². The van der Waals surface area contributed by atoms with Gasteiger partial charge in [0.15, 0.2) is 0 Å². The first-order chi connectivity index (χ1) is 9.74. The third-order valence-electron chi connectivity index (χ3n) is 3.44. The highest BCUT2D eigenvalue weighted by molar-refractivity contribution is 7.12. The van der Waals surface area contributed by atoms with Crippen LogP contribution in [-0.2, 0) is 0 Å². The minimum Gasteiger partial charge on any atom is -0.320 e. The van der Waals surface area contributed by atoms with Crippen molar-refractivity contribution in [1.82, 2.24) is 0 Å². The molecular weight excluding hydrogens is 262 g/mol. The molecule has 0 amide bonds. The first kappa shape index (κ1) is 13.1. The molecule has 100 valence electrons. The van der Waals surface area contributed by atoms with Crippen LogP contribution in [-0.4, -0.2) is 0 Å². The van der Waals surface area contributed by atoms with E-state index < -0.39 is 0 Å². The van der Waals surface area contributed by atoms with Gasteiger partial charge in [-0.1, -0.05) is 54.6 Å². The maximum Gasteiger partial charge on any atom is 0.0646 e. The van der Waals surface area contributed by atoms with Crippen molar-refractivity contribution in [1.29, 1.82) is 0 Å². The van der Waals surface area contributed by atoms with Gasteiger partial charge in [-0.3, -0.25) is 0 Å². The zero-order chi connectivity index (χ0) is 13.9. The molecule has 0 saturated heterocycles. The lowest BCUT2D eigenvalue weighted by atomic mass is 10.0. The van der Waals surface area contributed by atoms with Crippen LogP contribution in [0.25, 0.3) is 11.1 Å². The van der Waals surface area contributed by atoms with Gasteiger partial charge in [0.2, 0.25) is 0 Å². The maximum absolute atomic E-state index is 6.33. The van der Waals surface area contributed by atoms with E-state index in [0.717, 1.165) is 5.56 Å². The second-order valence-electron chi connectivity index (χ2n) is 4.91. The van der Waals surface area contributed by atoms with Gasteiger partial charge in [-0.15, -0.1) is 11.3 Å². The predicted octanol–water partition coefficient (Wildman–Crippen LogP) is 4.77. The van der Waals surface area contributed by atoms with Gasteiger partial charge < -0.3 is 5.73 Å². The zero-order valence-electron chi connectivity index (χ0n) is 11.4. The summed E-state index contributed by atoms with van der Waals surface area (Å²) in [6.07, 6.45) is 0. The highest BCUT2D eigenvalue weighted by Gasteiger charge is 2.10. The summed E-state index contributed by atoms with van der Waals surface area (Å²) in [7, 11) is 0. The summed E-state index contributed by atoms with van der Waals surface area (Å²) in [6.45, 7) is 2.11. The monoisotopic (exact) mass is 279 g/mol. The molecule has 1 heterocycles. The number of hydrogen-bond donors (Lipinski definition) is 1. The highest BCUT2D eigenvalue weighted by atomic mass is 32.1. The molecule has 1 unspecified atom stereocenters. The van der Waals surface area contributed by atoms with Crippen LogP contribution in [0.2, 0.25) is 0 Å². The van der Waals surface area contributed by atoms with Crippen LogP contribution >= 0.6 is 11.3 Å². The molecule has 2 N–H and O–H groups in total. The molecule has 0 saturated carbocycles. The highest BCUT2D eigenvalue weighted by Crippen LogP contribution is 2.28. The van der Waals surface area contributed by atoms with Gasteiger partial charge in [0.05, 0.1) is 6.04 Å². The minimum absolute atomic E-state index is 0.0291. The van der Waals surface area contributed by atoms with E-state index in [1.54, 1.807) is 11.3 Å². The molecule has 2 aromatic carbocycles. The average molecular weight is 279 g/mol. The largest absolute Gasteiger partial charge is 0.320 e. The second kappa shape index (κ2) is 5.61. The summed E-state index contributed by atoms with van der Waals surface area (Å²) >= 11 is 1.77. The lowest BCUT2D eigenvalue weighted by molar-refractivity contribution is 0.894. The van der Waals surface area contributed by atoms with Crippen molar-refractivity contribution in [2.45, 2.75) is 13.0 Å². The predicted molar refractivity (Wildman–Crippen MR) is 87.0 cm³/mol. The van der Waals surface area contributed by atoms with Gasteiger partial charge in [-0.2, -0.15) is 0 Å². The van der Waals surface area contributed by atoms with Crippen molar-refractivity contribution in [3.8, 4) is 11.1 Å². The Morgan fingerprint density at radius 2 is 1.45 bits per heavy atom. The second-order valence-corrected chi connectivity index (χ2v) is 6.23. The van der Waals surface area contributed by atoms with Gasteiger partial charge in [0.1, 0.15) is 0 Å². The quantitative estimate of drug-likeness (QED) is 0.734. The van der Waals surface area contributed by atoms with E-state index in [2.05, 4.69) is 67.6 Å².